The van der Waals surface area contributed by atoms with E-state index in [0.717, 1.165) is 49.8 Å². The molecule has 0 aromatic heterocycles. The van der Waals surface area contributed by atoms with Crippen molar-refractivity contribution in [3.63, 3.8) is 0 Å². The fourth-order valence-corrected chi connectivity index (χ4v) is 9.92. The lowest BCUT2D eigenvalue weighted by atomic mass is 10.00. The zero-order valence-corrected chi connectivity index (χ0v) is 48.1. The zero-order chi connectivity index (χ0) is 57.5. The van der Waals surface area contributed by atoms with Crippen molar-refractivity contribution in [1.29, 1.82) is 0 Å². The van der Waals surface area contributed by atoms with E-state index in [1.54, 1.807) is 0 Å². The van der Waals surface area contributed by atoms with Crippen LogP contribution in [-0.4, -0.2) is 159 Å². The second-order valence-corrected chi connectivity index (χ2v) is 21.8. The molecule has 20 heteroatoms. The first-order chi connectivity index (χ1) is 37.5. The minimum Gasteiger partial charge on any atom is -0.481 e. The first-order valence-corrected chi connectivity index (χ1v) is 30.2. The summed E-state index contributed by atoms with van der Waals surface area (Å²) >= 11 is 0. The third-order valence-corrected chi connectivity index (χ3v) is 14.8. The lowest BCUT2D eigenvalue weighted by Crippen LogP contribution is -2.61. The highest BCUT2D eigenvalue weighted by Gasteiger charge is 2.45. The van der Waals surface area contributed by atoms with Crippen molar-refractivity contribution in [3.05, 3.63) is 0 Å². The van der Waals surface area contributed by atoms with Gasteiger partial charge in [0, 0.05) is 32.2 Å². The number of carboxylic acid groups (broad SMARTS) is 1. The number of aliphatic carboxylic acids is 1. The Balaban J connectivity index is 2.05. The standard InChI is InChI=1S/C58H104N4O16/c1-5-7-9-11-13-15-17-19-21-23-25-27-29-31-38-76-57(74)45(35-36-50(68)75-37-30-28-26-24-22-20-18-16-14-12-10-8-6-2)60-47(64)40-59-56(73)51(42(3)77-58-54(71)53(70)52(69)43(4)78-58)61-55(72)46-39-44(63)41-62(46)48(65)33-32-34-49(66)67/h42-46,51-54,58,63,69-71H,5-41H2,1-4H3,(H,59,73)(H,60,64)(H,61,72)(H,66,67)/t42-,43?,44-,45?,46+,51?,52?,53?,54?,58?/m1/s1. The number of unbranched alkanes of at least 4 members (excludes halogenated alkanes) is 25. The number of rotatable bonds is 46. The van der Waals surface area contributed by atoms with Crippen LogP contribution >= 0.6 is 0 Å². The summed E-state index contributed by atoms with van der Waals surface area (Å²) in [5.74, 6) is -5.71. The molecular weight excluding hydrogens is 1010 g/mol. The summed E-state index contributed by atoms with van der Waals surface area (Å²) in [6, 6.07) is -4.23. The fourth-order valence-electron chi connectivity index (χ4n) is 9.92. The summed E-state index contributed by atoms with van der Waals surface area (Å²) in [5.41, 5.74) is 0. The molecule has 0 bridgehead atoms. The number of amides is 4. The van der Waals surface area contributed by atoms with Crippen LogP contribution in [0.5, 0.6) is 0 Å². The Morgan fingerprint density at radius 1 is 0.603 bits per heavy atom. The Morgan fingerprint density at radius 2 is 1.09 bits per heavy atom. The number of aliphatic hydroxyl groups is 4. The normalized spacial score (nSPS) is 21.3. The van der Waals surface area contributed by atoms with Crippen LogP contribution in [0.25, 0.3) is 0 Å². The monoisotopic (exact) mass is 1110 g/mol. The zero-order valence-electron chi connectivity index (χ0n) is 48.1. The van der Waals surface area contributed by atoms with Crippen LogP contribution < -0.4 is 16.0 Å². The molecule has 78 heavy (non-hydrogen) atoms. The first kappa shape index (κ1) is 70.2. The minimum atomic E-state index is -1.78. The quantitative estimate of drug-likeness (QED) is 0.0226. The Morgan fingerprint density at radius 3 is 1.59 bits per heavy atom. The molecule has 2 aliphatic heterocycles. The Labute approximate surface area is 465 Å². The number of hydrogen-bond acceptors (Lipinski definition) is 15. The van der Waals surface area contributed by atoms with E-state index >= 15 is 0 Å². The number of carbonyl (C=O) groups is 7. The van der Waals surface area contributed by atoms with Crippen LogP contribution in [0.3, 0.4) is 0 Å². The van der Waals surface area contributed by atoms with Gasteiger partial charge in [-0.1, -0.05) is 174 Å². The SMILES string of the molecule is CCCCCCCCCCCCCCCCOC(=O)C(CCC(=O)OCCCCCCCCCCCCCCC)NC(=O)CNC(=O)C(NC(=O)[C@@H]1C[C@@H](O)CN1C(=O)CCCC(=O)O)[C@@H](C)OC1OC(C)C(O)C(O)C1O. The molecule has 10 atom stereocenters. The molecule has 20 nitrogen and oxygen atoms in total. The van der Waals surface area contributed by atoms with E-state index < -0.39 is 109 Å². The maximum Gasteiger partial charge on any atom is 0.328 e. The molecule has 2 saturated heterocycles. The molecule has 8 N–H and O–H groups in total. The second-order valence-electron chi connectivity index (χ2n) is 21.8. The maximum atomic E-state index is 14.0. The first-order valence-electron chi connectivity index (χ1n) is 30.2. The van der Waals surface area contributed by atoms with Crippen molar-refractivity contribution in [2.75, 3.05) is 26.3 Å². The van der Waals surface area contributed by atoms with Gasteiger partial charge in [-0.05, 0) is 39.5 Å². The lowest BCUT2D eigenvalue weighted by Gasteiger charge is -2.40. The highest BCUT2D eigenvalue weighted by Crippen LogP contribution is 2.25. The second kappa shape index (κ2) is 42.9. The Bertz CT molecular complexity index is 1690. The van der Waals surface area contributed by atoms with Crippen molar-refractivity contribution in [2.24, 2.45) is 0 Å². The predicted octanol–water partition coefficient (Wildman–Crippen LogP) is 6.96. The molecular formula is C58H104N4O16. The molecule has 2 aliphatic rings. The number of nitrogens with one attached hydrogen (secondary N) is 3. The van der Waals surface area contributed by atoms with E-state index in [4.69, 9.17) is 24.1 Å². The summed E-state index contributed by atoms with van der Waals surface area (Å²) in [7, 11) is 0. The van der Waals surface area contributed by atoms with Gasteiger partial charge in [0.05, 0.1) is 38.1 Å². The molecule has 0 aliphatic carbocycles. The van der Waals surface area contributed by atoms with Crippen LogP contribution in [0, 0.1) is 0 Å². The molecule has 2 fully saturated rings. The minimum absolute atomic E-state index is 0.0164. The molecule has 2 rings (SSSR count). The molecule has 0 aromatic rings. The van der Waals surface area contributed by atoms with Gasteiger partial charge in [-0.25, -0.2) is 4.79 Å². The van der Waals surface area contributed by atoms with Gasteiger partial charge in [-0.2, -0.15) is 0 Å². The van der Waals surface area contributed by atoms with Gasteiger partial charge in [0.1, 0.15) is 36.4 Å². The summed E-state index contributed by atoms with van der Waals surface area (Å²) in [6.07, 6.45) is 20.5. The number of ether oxygens (including phenoxy) is 4. The Hall–Kier alpha value is -3.95. The summed E-state index contributed by atoms with van der Waals surface area (Å²) < 4.78 is 22.5. The summed E-state index contributed by atoms with van der Waals surface area (Å²) in [6.45, 7) is 6.60. The van der Waals surface area contributed by atoms with Crippen molar-refractivity contribution in [3.8, 4) is 0 Å². The van der Waals surface area contributed by atoms with Gasteiger partial charge in [-0.15, -0.1) is 0 Å². The van der Waals surface area contributed by atoms with E-state index in [1.807, 2.05) is 0 Å². The van der Waals surface area contributed by atoms with Crippen molar-refractivity contribution < 1.29 is 78.0 Å². The number of carboxylic acids is 1. The fraction of sp³-hybridized carbons (Fsp3) is 0.879. The number of likely N-dealkylation sites (tertiary alicyclic amines) is 1. The smallest absolute Gasteiger partial charge is 0.328 e. The van der Waals surface area contributed by atoms with E-state index in [0.29, 0.717) is 12.8 Å². The summed E-state index contributed by atoms with van der Waals surface area (Å²) in [5, 5.41) is 58.4. The van der Waals surface area contributed by atoms with Gasteiger partial charge in [0.25, 0.3) is 0 Å². The highest BCUT2D eigenvalue weighted by atomic mass is 16.7. The van der Waals surface area contributed by atoms with Crippen LogP contribution in [-0.2, 0) is 52.5 Å². The Kier molecular flexibility index (Phi) is 38.6. The molecule has 4 amide bonds. The van der Waals surface area contributed by atoms with E-state index in [-0.39, 0.29) is 58.3 Å². The topological polar surface area (TPSA) is 297 Å². The maximum absolute atomic E-state index is 14.0. The van der Waals surface area contributed by atoms with Gasteiger partial charge < -0.3 is 65.3 Å². The lowest BCUT2D eigenvalue weighted by molar-refractivity contribution is -0.303. The summed E-state index contributed by atoms with van der Waals surface area (Å²) in [4.78, 5) is 93.0. The van der Waals surface area contributed by atoms with Crippen molar-refractivity contribution in [1.82, 2.24) is 20.9 Å². The molecule has 0 spiro atoms. The highest BCUT2D eigenvalue weighted by molar-refractivity contribution is 5.94. The molecule has 0 radical (unpaired) electrons. The number of nitrogens with zero attached hydrogens (tertiary/aromatic N) is 1. The molecule has 2 heterocycles. The van der Waals surface area contributed by atoms with Crippen LogP contribution in [0.2, 0.25) is 0 Å². The van der Waals surface area contributed by atoms with E-state index in [9.17, 15) is 54.0 Å². The van der Waals surface area contributed by atoms with E-state index in [2.05, 4.69) is 29.8 Å². The van der Waals surface area contributed by atoms with Crippen molar-refractivity contribution in [2.45, 2.75) is 301 Å². The van der Waals surface area contributed by atoms with Gasteiger partial charge in [0.2, 0.25) is 23.6 Å². The van der Waals surface area contributed by atoms with Crippen LogP contribution in [0.15, 0.2) is 0 Å². The number of aliphatic hydroxyl groups excluding tert-OH is 4. The molecule has 452 valence electrons. The number of carbonyl (C=O) groups excluding carboxylic acids is 6. The van der Waals surface area contributed by atoms with Crippen LogP contribution in [0.1, 0.15) is 240 Å². The third-order valence-electron chi connectivity index (χ3n) is 14.8. The average Bonchev–Trinajstić information content (AvgIpc) is 3.81. The van der Waals surface area contributed by atoms with Crippen molar-refractivity contribution >= 4 is 41.5 Å². The van der Waals surface area contributed by atoms with Gasteiger partial charge >= 0.3 is 17.9 Å². The van der Waals surface area contributed by atoms with Gasteiger partial charge in [0.15, 0.2) is 6.29 Å². The molecule has 7 unspecified atom stereocenters. The predicted molar refractivity (Wildman–Crippen MR) is 295 cm³/mol. The van der Waals surface area contributed by atoms with E-state index in [1.165, 1.54) is 129 Å². The molecule has 0 aromatic carbocycles. The number of hydrogen-bond donors (Lipinski definition) is 8. The number of esters is 2. The average molecular weight is 1110 g/mol. The number of β-amino-alcohol motifs (C(OH)–C–C–N with tert-alkyl or cyclic N) is 1. The van der Waals surface area contributed by atoms with Crippen LogP contribution in [0.4, 0.5) is 0 Å². The third kappa shape index (κ3) is 30.6. The molecule has 0 saturated carbocycles. The largest absolute Gasteiger partial charge is 0.481 e. The van der Waals surface area contributed by atoms with Gasteiger partial charge in [-0.3, -0.25) is 28.8 Å².